The zero-order valence-electron chi connectivity index (χ0n) is 14.5. The molecule has 3 rings (SSSR count). The van der Waals surface area contributed by atoms with Gasteiger partial charge in [-0.1, -0.05) is 0 Å². The van der Waals surface area contributed by atoms with Crippen molar-refractivity contribution >= 4 is 28.3 Å². The second kappa shape index (κ2) is 8.77. The Morgan fingerprint density at radius 3 is 2.81 bits per heavy atom. The maximum absolute atomic E-state index is 12.9. The van der Waals surface area contributed by atoms with Gasteiger partial charge in [-0.15, -0.1) is 11.3 Å². The number of nitrogens with one attached hydrogen (secondary N) is 1. The van der Waals surface area contributed by atoms with Crippen molar-refractivity contribution in [2.75, 3.05) is 32.1 Å². The molecule has 1 saturated heterocycles. The van der Waals surface area contributed by atoms with Gasteiger partial charge < -0.3 is 19.7 Å². The number of carbonyl (C=O) groups excluding carboxylic acids is 2. The molecule has 1 unspecified atom stereocenters. The molecule has 1 N–H and O–H groups in total. The van der Waals surface area contributed by atoms with E-state index in [1.807, 2.05) is 0 Å². The number of amides is 2. The molecule has 0 saturated carbocycles. The molecule has 1 aromatic carbocycles. The molecule has 2 aromatic rings. The molecule has 1 aliphatic rings. The van der Waals surface area contributed by atoms with Gasteiger partial charge in [0.25, 0.3) is 5.91 Å². The molecule has 0 aliphatic carbocycles. The highest BCUT2D eigenvalue weighted by atomic mass is 32.1. The van der Waals surface area contributed by atoms with E-state index in [4.69, 9.17) is 9.47 Å². The summed E-state index contributed by atoms with van der Waals surface area (Å²) in [5, 5.41) is 5.01. The van der Waals surface area contributed by atoms with Crippen molar-refractivity contribution in [3.63, 3.8) is 0 Å². The van der Waals surface area contributed by atoms with Gasteiger partial charge in [0, 0.05) is 30.3 Å². The lowest BCUT2D eigenvalue weighted by atomic mass is 10.1. The minimum Gasteiger partial charge on any atom is -0.497 e. The number of ether oxygens (including phenoxy) is 2. The van der Waals surface area contributed by atoms with Crippen LogP contribution in [0.15, 0.2) is 35.8 Å². The van der Waals surface area contributed by atoms with E-state index < -0.39 is 0 Å². The van der Waals surface area contributed by atoms with E-state index in [1.54, 1.807) is 43.0 Å². The first-order valence-electron chi connectivity index (χ1n) is 8.40. The van der Waals surface area contributed by atoms with Crippen molar-refractivity contribution in [3.05, 3.63) is 41.4 Å². The standard InChI is InChI=1S/C18H21N3O4S/c1-24-14-6-4-13(5-7-14)17(23)21(11-15-3-2-9-25-15)12-16(22)20-18-19-8-10-26-18/h4-8,10,15H,2-3,9,11-12H2,1H3,(H,19,20,22). The molecule has 0 bridgehead atoms. The molecular formula is C18H21N3O4S. The van der Waals surface area contributed by atoms with Crippen LogP contribution in [0.3, 0.4) is 0 Å². The number of aromatic nitrogens is 1. The first-order chi connectivity index (χ1) is 12.7. The van der Waals surface area contributed by atoms with Gasteiger partial charge in [-0.2, -0.15) is 0 Å². The van der Waals surface area contributed by atoms with Crippen molar-refractivity contribution < 1.29 is 19.1 Å². The summed E-state index contributed by atoms with van der Waals surface area (Å²) in [4.78, 5) is 30.8. The average Bonchev–Trinajstić information content (AvgIpc) is 3.35. The van der Waals surface area contributed by atoms with Crippen molar-refractivity contribution in [1.82, 2.24) is 9.88 Å². The van der Waals surface area contributed by atoms with E-state index in [0.717, 1.165) is 12.8 Å². The monoisotopic (exact) mass is 375 g/mol. The lowest BCUT2D eigenvalue weighted by Crippen LogP contribution is -2.42. The van der Waals surface area contributed by atoms with Gasteiger partial charge in [0.05, 0.1) is 13.2 Å². The normalized spacial score (nSPS) is 16.3. The lowest BCUT2D eigenvalue weighted by molar-refractivity contribution is -0.117. The summed E-state index contributed by atoms with van der Waals surface area (Å²) in [6, 6.07) is 6.85. The quantitative estimate of drug-likeness (QED) is 0.804. The summed E-state index contributed by atoms with van der Waals surface area (Å²) >= 11 is 1.34. The van der Waals surface area contributed by atoms with E-state index in [9.17, 15) is 9.59 Å². The van der Waals surface area contributed by atoms with Crippen LogP contribution >= 0.6 is 11.3 Å². The Balaban J connectivity index is 1.70. The number of methoxy groups -OCH3 is 1. The third-order valence-electron chi connectivity index (χ3n) is 4.09. The summed E-state index contributed by atoms with van der Waals surface area (Å²) in [5.74, 6) is 0.186. The summed E-state index contributed by atoms with van der Waals surface area (Å²) in [5.41, 5.74) is 0.505. The molecule has 1 fully saturated rings. The van der Waals surface area contributed by atoms with Crippen molar-refractivity contribution in [2.45, 2.75) is 18.9 Å². The Morgan fingerprint density at radius 2 is 2.19 bits per heavy atom. The van der Waals surface area contributed by atoms with Crippen molar-refractivity contribution in [1.29, 1.82) is 0 Å². The SMILES string of the molecule is COc1ccc(C(=O)N(CC(=O)Nc2nccs2)CC2CCCO2)cc1. The van der Waals surface area contributed by atoms with Crippen LogP contribution in [0.2, 0.25) is 0 Å². The predicted molar refractivity (Wildman–Crippen MR) is 98.6 cm³/mol. The van der Waals surface area contributed by atoms with Crippen LogP contribution in [-0.2, 0) is 9.53 Å². The molecule has 0 radical (unpaired) electrons. The fraction of sp³-hybridized carbons (Fsp3) is 0.389. The van der Waals surface area contributed by atoms with Crippen LogP contribution in [0.25, 0.3) is 0 Å². The molecule has 2 heterocycles. The van der Waals surface area contributed by atoms with E-state index >= 15 is 0 Å². The Bertz CT molecular complexity index is 727. The number of rotatable bonds is 7. The number of hydrogen-bond acceptors (Lipinski definition) is 6. The summed E-state index contributed by atoms with van der Waals surface area (Å²) < 4.78 is 10.8. The molecule has 0 spiro atoms. The molecule has 2 amide bonds. The van der Waals surface area contributed by atoms with Crippen LogP contribution in [0.1, 0.15) is 23.2 Å². The molecule has 26 heavy (non-hydrogen) atoms. The van der Waals surface area contributed by atoms with Gasteiger partial charge in [-0.3, -0.25) is 9.59 Å². The largest absolute Gasteiger partial charge is 0.497 e. The number of anilines is 1. The molecular weight excluding hydrogens is 354 g/mol. The van der Waals surface area contributed by atoms with E-state index in [1.165, 1.54) is 16.2 Å². The van der Waals surface area contributed by atoms with Gasteiger partial charge in [-0.25, -0.2) is 4.98 Å². The molecule has 8 heteroatoms. The Hall–Kier alpha value is -2.45. The predicted octanol–water partition coefficient (Wildman–Crippen LogP) is 2.41. The number of benzene rings is 1. The number of thiazole rings is 1. The molecule has 7 nitrogen and oxygen atoms in total. The molecule has 1 aliphatic heterocycles. The van der Waals surface area contributed by atoms with Gasteiger partial charge in [-0.05, 0) is 37.1 Å². The Kier molecular flexibility index (Phi) is 6.19. The zero-order valence-corrected chi connectivity index (χ0v) is 15.3. The van der Waals surface area contributed by atoms with Crippen LogP contribution in [0.5, 0.6) is 5.75 Å². The lowest BCUT2D eigenvalue weighted by Gasteiger charge is -2.25. The highest BCUT2D eigenvalue weighted by Crippen LogP contribution is 2.17. The number of carbonyl (C=O) groups is 2. The molecule has 138 valence electrons. The van der Waals surface area contributed by atoms with Gasteiger partial charge in [0.15, 0.2) is 5.13 Å². The Labute approximate surface area is 155 Å². The maximum atomic E-state index is 12.9. The minimum absolute atomic E-state index is 0.0372. The summed E-state index contributed by atoms with van der Waals surface area (Å²) in [6.07, 6.45) is 3.44. The van der Waals surface area contributed by atoms with Gasteiger partial charge >= 0.3 is 0 Å². The summed E-state index contributed by atoms with van der Waals surface area (Å²) in [6.45, 7) is 1.03. The maximum Gasteiger partial charge on any atom is 0.254 e. The number of hydrogen-bond donors (Lipinski definition) is 1. The van der Waals surface area contributed by atoms with Crippen molar-refractivity contribution in [2.24, 2.45) is 0 Å². The Morgan fingerprint density at radius 1 is 1.38 bits per heavy atom. The number of nitrogens with zero attached hydrogens (tertiary/aromatic N) is 2. The zero-order chi connectivity index (χ0) is 18.4. The van der Waals surface area contributed by atoms with E-state index in [-0.39, 0.29) is 24.5 Å². The van der Waals surface area contributed by atoms with Crippen LogP contribution < -0.4 is 10.1 Å². The van der Waals surface area contributed by atoms with Crippen LogP contribution in [-0.4, -0.2) is 54.6 Å². The highest BCUT2D eigenvalue weighted by Gasteiger charge is 2.25. The van der Waals surface area contributed by atoms with Crippen LogP contribution in [0, 0.1) is 0 Å². The van der Waals surface area contributed by atoms with Crippen molar-refractivity contribution in [3.8, 4) is 5.75 Å². The third kappa shape index (κ3) is 4.80. The smallest absolute Gasteiger partial charge is 0.254 e. The minimum atomic E-state index is -0.278. The summed E-state index contributed by atoms with van der Waals surface area (Å²) in [7, 11) is 1.57. The second-order valence-corrected chi connectivity index (χ2v) is 6.83. The topological polar surface area (TPSA) is 80.8 Å². The first-order valence-corrected chi connectivity index (χ1v) is 9.28. The van der Waals surface area contributed by atoms with E-state index in [2.05, 4.69) is 10.3 Å². The molecule has 1 atom stereocenters. The second-order valence-electron chi connectivity index (χ2n) is 5.93. The highest BCUT2D eigenvalue weighted by molar-refractivity contribution is 7.13. The fourth-order valence-electron chi connectivity index (χ4n) is 2.79. The van der Waals surface area contributed by atoms with Gasteiger partial charge in [0.2, 0.25) is 5.91 Å². The average molecular weight is 375 g/mol. The first kappa shape index (κ1) is 18.3. The van der Waals surface area contributed by atoms with Crippen LogP contribution in [0.4, 0.5) is 5.13 Å². The fourth-order valence-corrected chi connectivity index (χ4v) is 3.33. The van der Waals surface area contributed by atoms with Gasteiger partial charge in [0.1, 0.15) is 12.3 Å². The molecule has 1 aromatic heterocycles. The third-order valence-corrected chi connectivity index (χ3v) is 4.77. The van der Waals surface area contributed by atoms with E-state index in [0.29, 0.717) is 29.6 Å².